The highest BCUT2D eigenvalue weighted by atomic mass is 79.9. The molecule has 3 nitrogen and oxygen atoms in total. The van der Waals surface area contributed by atoms with Crippen LogP contribution in [0.5, 0.6) is 0 Å². The molecule has 1 heterocycles. The van der Waals surface area contributed by atoms with Crippen LogP contribution in [-0.4, -0.2) is 23.7 Å². The number of anilines is 1. The molecule has 20 heavy (non-hydrogen) atoms. The Morgan fingerprint density at radius 3 is 2.80 bits per heavy atom. The zero-order valence-corrected chi connectivity index (χ0v) is 13.4. The molecule has 1 aromatic carbocycles. The number of benzene rings is 1. The highest BCUT2D eigenvalue weighted by molar-refractivity contribution is 9.10. The van der Waals surface area contributed by atoms with Crippen LogP contribution in [0.15, 0.2) is 28.7 Å². The summed E-state index contributed by atoms with van der Waals surface area (Å²) in [6.45, 7) is 5.65. The fourth-order valence-electron chi connectivity index (χ4n) is 2.79. The van der Waals surface area contributed by atoms with Crippen molar-refractivity contribution in [2.24, 2.45) is 5.92 Å². The first kappa shape index (κ1) is 15.1. The lowest BCUT2D eigenvalue weighted by Crippen LogP contribution is -2.40. The van der Waals surface area contributed by atoms with Gasteiger partial charge in [-0.05, 0) is 65.4 Å². The van der Waals surface area contributed by atoms with Crippen LogP contribution >= 0.6 is 15.9 Å². The van der Waals surface area contributed by atoms with Gasteiger partial charge in [0, 0.05) is 23.1 Å². The maximum absolute atomic E-state index is 10.5. The Kier molecular flexibility index (Phi) is 4.86. The van der Waals surface area contributed by atoms with Crippen LogP contribution in [-0.2, 0) is 4.79 Å². The van der Waals surface area contributed by atoms with Crippen molar-refractivity contribution in [1.82, 2.24) is 0 Å². The van der Waals surface area contributed by atoms with E-state index in [0.717, 1.165) is 28.6 Å². The molecule has 1 aliphatic rings. The van der Waals surface area contributed by atoms with Gasteiger partial charge >= 0.3 is 5.97 Å². The maximum Gasteiger partial charge on any atom is 0.328 e. The van der Waals surface area contributed by atoms with Gasteiger partial charge in [0.1, 0.15) is 0 Å². The summed E-state index contributed by atoms with van der Waals surface area (Å²) in [5.74, 6) is -0.137. The van der Waals surface area contributed by atoms with Crippen LogP contribution in [0.2, 0.25) is 0 Å². The Hall–Kier alpha value is -1.29. The zero-order valence-electron chi connectivity index (χ0n) is 11.8. The molecule has 0 aromatic heterocycles. The summed E-state index contributed by atoms with van der Waals surface area (Å²) >= 11 is 3.61. The molecule has 0 spiro atoms. The monoisotopic (exact) mass is 337 g/mol. The van der Waals surface area contributed by atoms with Crippen molar-refractivity contribution in [1.29, 1.82) is 0 Å². The molecule has 2 atom stereocenters. The third-order valence-corrected chi connectivity index (χ3v) is 4.47. The van der Waals surface area contributed by atoms with Crippen LogP contribution in [0.4, 0.5) is 5.69 Å². The lowest BCUT2D eigenvalue weighted by Gasteiger charge is -2.38. The molecule has 2 rings (SSSR count). The second-order valence-corrected chi connectivity index (χ2v) is 6.41. The predicted molar refractivity (Wildman–Crippen MR) is 86.0 cm³/mol. The van der Waals surface area contributed by atoms with Crippen molar-refractivity contribution in [3.8, 4) is 0 Å². The number of piperidine rings is 1. The van der Waals surface area contributed by atoms with Crippen molar-refractivity contribution in [3.63, 3.8) is 0 Å². The van der Waals surface area contributed by atoms with Crippen molar-refractivity contribution in [2.75, 3.05) is 11.4 Å². The highest BCUT2D eigenvalue weighted by Gasteiger charge is 2.24. The molecular formula is C16H20BrNO2. The first-order valence-corrected chi connectivity index (χ1v) is 7.74. The van der Waals surface area contributed by atoms with E-state index in [2.05, 4.69) is 40.7 Å². The van der Waals surface area contributed by atoms with E-state index in [0.29, 0.717) is 6.04 Å². The van der Waals surface area contributed by atoms with Crippen LogP contribution in [0.25, 0.3) is 6.08 Å². The van der Waals surface area contributed by atoms with Gasteiger partial charge < -0.3 is 10.0 Å². The van der Waals surface area contributed by atoms with Crippen LogP contribution in [0.3, 0.4) is 0 Å². The summed E-state index contributed by atoms with van der Waals surface area (Å²) in [4.78, 5) is 13.0. The smallest absolute Gasteiger partial charge is 0.328 e. The number of nitrogens with zero attached hydrogens (tertiary/aromatic N) is 1. The van der Waals surface area contributed by atoms with E-state index in [4.69, 9.17) is 5.11 Å². The van der Waals surface area contributed by atoms with E-state index < -0.39 is 5.97 Å². The minimum atomic E-state index is -0.927. The van der Waals surface area contributed by atoms with Gasteiger partial charge in [0.2, 0.25) is 0 Å². The Bertz CT molecular complexity index is 527. The van der Waals surface area contributed by atoms with Gasteiger partial charge in [-0.15, -0.1) is 0 Å². The molecule has 2 unspecified atom stereocenters. The average Bonchev–Trinajstić information content (AvgIpc) is 2.37. The fourth-order valence-corrected chi connectivity index (χ4v) is 3.42. The van der Waals surface area contributed by atoms with Gasteiger partial charge in [0.15, 0.2) is 0 Å². The molecule has 0 aliphatic carbocycles. The van der Waals surface area contributed by atoms with Crippen molar-refractivity contribution < 1.29 is 9.90 Å². The Morgan fingerprint density at radius 2 is 2.20 bits per heavy atom. The van der Waals surface area contributed by atoms with Crippen LogP contribution in [0.1, 0.15) is 32.3 Å². The van der Waals surface area contributed by atoms with E-state index in [1.165, 1.54) is 18.5 Å². The molecule has 1 aromatic rings. The Labute approximate surface area is 128 Å². The molecule has 1 saturated heterocycles. The normalized spacial score (nSPS) is 23.2. The number of hydrogen-bond acceptors (Lipinski definition) is 2. The zero-order chi connectivity index (χ0) is 14.7. The van der Waals surface area contributed by atoms with Gasteiger partial charge in [-0.25, -0.2) is 4.79 Å². The second-order valence-electron chi connectivity index (χ2n) is 5.55. The molecule has 1 aliphatic heterocycles. The van der Waals surface area contributed by atoms with Crippen molar-refractivity contribution >= 4 is 33.7 Å². The summed E-state index contributed by atoms with van der Waals surface area (Å²) < 4.78 is 1.02. The SMILES string of the molecule is CC1CCN(c2ccc(/C=C/C(=O)O)cc2Br)C(C)C1. The Balaban J connectivity index is 2.19. The van der Waals surface area contributed by atoms with Gasteiger partial charge in [0.25, 0.3) is 0 Å². The molecule has 1 fully saturated rings. The molecule has 0 radical (unpaired) electrons. The number of rotatable bonds is 3. The van der Waals surface area contributed by atoms with Gasteiger partial charge in [-0.1, -0.05) is 13.0 Å². The fraction of sp³-hybridized carbons (Fsp3) is 0.438. The number of halogens is 1. The van der Waals surface area contributed by atoms with E-state index in [1.54, 1.807) is 6.08 Å². The first-order chi connectivity index (χ1) is 9.47. The number of carboxylic acids is 1. The largest absolute Gasteiger partial charge is 0.478 e. The summed E-state index contributed by atoms with van der Waals surface area (Å²) in [5, 5.41) is 8.66. The molecule has 108 valence electrons. The number of hydrogen-bond donors (Lipinski definition) is 1. The minimum absolute atomic E-state index is 0.537. The van der Waals surface area contributed by atoms with Gasteiger partial charge in [-0.3, -0.25) is 0 Å². The van der Waals surface area contributed by atoms with Gasteiger partial charge in [-0.2, -0.15) is 0 Å². The summed E-state index contributed by atoms with van der Waals surface area (Å²) in [6, 6.07) is 6.54. The average molecular weight is 338 g/mol. The lowest BCUT2D eigenvalue weighted by atomic mass is 9.93. The number of carboxylic acid groups (broad SMARTS) is 1. The molecular weight excluding hydrogens is 318 g/mol. The van der Waals surface area contributed by atoms with Crippen LogP contribution < -0.4 is 4.90 Å². The summed E-state index contributed by atoms with van der Waals surface area (Å²) in [6.07, 6.45) is 5.20. The quantitative estimate of drug-likeness (QED) is 0.841. The molecule has 0 saturated carbocycles. The van der Waals surface area contributed by atoms with E-state index >= 15 is 0 Å². The Morgan fingerprint density at radius 1 is 1.45 bits per heavy atom. The maximum atomic E-state index is 10.5. The van der Waals surface area contributed by atoms with E-state index in [1.807, 2.05) is 12.1 Å². The highest BCUT2D eigenvalue weighted by Crippen LogP contribution is 2.33. The molecule has 0 bridgehead atoms. The number of carbonyl (C=O) groups is 1. The molecule has 0 amide bonds. The van der Waals surface area contributed by atoms with Gasteiger partial charge in [0.05, 0.1) is 5.69 Å². The molecule has 4 heteroatoms. The van der Waals surface area contributed by atoms with Crippen LogP contribution in [0, 0.1) is 5.92 Å². The van der Waals surface area contributed by atoms with E-state index in [9.17, 15) is 4.79 Å². The first-order valence-electron chi connectivity index (χ1n) is 6.94. The summed E-state index contributed by atoms with van der Waals surface area (Å²) in [5.41, 5.74) is 2.08. The third kappa shape index (κ3) is 3.63. The predicted octanol–water partition coefficient (Wildman–Crippen LogP) is 4.17. The summed E-state index contributed by atoms with van der Waals surface area (Å²) in [7, 11) is 0. The van der Waals surface area contributed by atoms with E-state index in [-0.39, 0.29) is 0 Å². The molecule has 1 N–H and O–H groups in total. The number of aliphatic carboxylic acids is 1. The minimum Gasteiger partial charge on any atom is -0.478 e. The lowest BCUT2D eigenvalue weighted by molar-refractivity contribution is -0.131. The van der Waals surface area contributed by atoms with Crippen molar-refractivity contribution in [3.05, 3.63) is 34.3 Å². The topological polar surface area (TPSA) is 40.5 Å². The standard InChI is InChI=1S/C16H20BrNO2/c1-11-7-8-18(12(2)9-11)15-5-3-13(10-14(15)17)4-6-16(19)20/h3-6,10-12H,7-9H2,1-2H3,(H,19,20)/b6-4+. The second kappa shape index (κ2) is 6.44. The van der Waals surface area contributed by atoms with Crippen molar-refractivity contribution in [2.45, 2.75) is 32.7 Å². The third-order valence-electron chi connectivity index (χ3n) is 3.84.